The third-order valence-corrected chi connectivity index (χ3v) is 2.02. The van der Waals surface area contributed by atoms with Crippen molar-refractivity contribution in [1.82, 2.24) is 0 Å². The second-order valence-electron chi connectivity index (χ2n) is 3.24. The SMILES string of the molecule is CC(N)c1cc2c(F)cc(F)cc2o1. The summed E-state index contributed by atoms with van der Waals surface area (Å²) in [5.41, 5.74) is 5.75. The van der Waals surface area contributed by atoms with Gasteiger partial charge in [-0.2, -0.15) is 0 Å². The number of fused-ring (bicyclic) bond motifs is 1. The van der Waals surface area contributed by atoms with Gasteiger partial charge in [0.05, 0.1) is 11.4 Å². The molecule has 2 nitrogen and oxygen atoms in total. The van der Waals surface area contributed by atoms with Crippen LogP contribution in [0.25, 0.3) is 11.0 Å². The third-order valence-electron chi connectivity index (χ3n) is 2.02. The predicted octanol–water partition coefficient (Wildman–Crippen LogP) is 2.73. The zero-order valence-corrected chi connectivity index (χ0v) is 7.55. The molecule has 0 saturated heterocycles. The number of benzene rings is 1. The maximum absolute atomic E-state index is 13.2. The zero-order chi connectivity index (χ0) is 10.3. The van der Waals surface area contributed by atoms with E-state index in [4.69, 9.17) is 10.2 Å². The highest BCUT2D eigenvalue weighted by molar-refractivity contribution is 5.78. The minimum Gasteiger partial charge on any atom is -0.459 e. The molecule has 0 bridgehead atoms. The molecule has 0 radical (unpaired) electrons. The highest BCUT2D eigenvalue weighted by Crippen LogP contribution is 2.25. The summed E-state index contributed by atoms with van der Waals surface area (Å²) in [6.45, 7) is 1.71. The van der Waals surface area contributed by atoms with Crippen LogP contribution in [0.1, 0.15) is 18.7 Å². The number of hydrogen-bond acceptors (Lipinski definition) is 2. The maximum Gasteiger partial charge on any atom is 0.140 e. The fourth-order valence-corrected chi connectivity index (χ4v) is 1.31. The van der Waals surface area contributed by atoms with Crippen LogP contribution in [0, 0.1) is 11.6 Å². The summed E-state index contributed by atoms with van der Waals surface area (Å²) in [7, 11) is 0. The lowest BCUT2D eigenvalue weighted by atomic mass is 10.2. The van der Waals surface area contributed by atoms with Crippen molar-refractivity contribution in [2.75, 3.05) is 0 Å². The molecule has 0 spiro atoms. The van der Waals surface area contributed by atoms with E-state index >= 15 is 0 Å². The lowest BCUT2D eigenvalue weighted by molar-refractivity contribution is 0.509. The van der Waals surface area contributed by atoms with E-state index in [1.165, 1.54) is 6.07 Å². The minimum atomic E-state index is -0.652. The molecule has 2 rings (SSSR count). The monoisotopic (exact) mass is 197 g/mol. The largest absolute Gasteiger partial charge is 0.459 e. The molecule has 1 atom stereocenters. The molecule has 74 valence electrons. The van der Waals surface area contributed by atoms with Gasteiger partial charge in [0.1, 0.15) is 23.0 Å². The molecule has 4 heteroatoms. The van der Waals surface area contributed by atoms with Crippen LogP contribution in [-0.2, 0) is 0 Å². The Balaban J connectivity index is 2.70. The smallest absolute Gasteiger partial charge is 0.140 e. The van der Waals surface area contributed by atoms with Gasteiger partial charge in [0, 0.05) is 12.1 Å². The standard InChI is InChI=1S/C10H9F2NO/c1-5(13)9-4-7-8(12)2-6(11)3-10(7)14-9/h2-5H,13H2,1H3. The number of hydrogen-bond donors (Lipinski definition) is 1. The average Bonchev–Trinajstić information content (AvgIpc) is 2.47. The molecular formula is C10H9F2NO. The van der Waals surface area contributed by atoms with Crippen LogP contribution in [-0.4, -0.2) is 0 Å². The van der Waals surface area contributed by atoms with E-state index in [-0.39, 0.29) is 17.0 Å². The molecule has 0 aliphatic carbocycles. The number of rotatable bonds is 1. The molecule has 2 N–H and O–H groups in total. The summed E-state index contributed by atoms with van der Waals surface area (Å²) in [4.78, 5) is 0. The van der Waals surface area contributed by atoms with Crippen molar-refractivity contribution in [3.8, 4) is 0 Å². The Kier molecular flexibility index (Phi) is 2.00. The minimum absolute atomic E-state index is 0.190. The van der Waals surface area contributed by atoms with Gasteiger partial charge in [-0.1, -0.05) is 0 Å². The summed E-state index contributed by atoms with van der Waals surface area (Å²) >= 11 is 0. The fraction of sp³-hybridized carbons (Fsp3) is 0.200. The number of furan rings is 1. The first-order chi connectivity index (χ1) is 6.58. The van der Waals surface area contributed by atoms with E-state index in [9.17, 15) is 8.78 Å². The highest BCUT2D eigenvalue weighted by atomic mass is 19.1. The van der Waals surface area contributed by atoms with Crippen molar-refractivity contribution in [1.29, 1.82) is 0 Å². The molecule has 1 aromatic heterocycles. The van der Waals surface area contributed by atoms with Crippen LogP contribution in [0.5, 0.6) is 0 Å². The molecule has 1 heterocycles. The molecule has 0 aliphatic heterocycles. The van der Waals surface area contributed by atoms with Gasteiger partial charge in [0.25, 0.3) is 0 Å². The molecule has 1 aromatic carbocycles. The van der Waals surface area contributed by atoms with Crippen molar-refractivity contribution in [2.24, 2.45) is 5.73 Å². The van der Waals surface area contributed by atoms with Gasteiger partial charge in [-0.25, -0.2) is 8.78 Å². The van der Waals surface area contributed by atoms with Gasteiger partial charge in [-0.05, 0) is 13.0 Å². The van der Waals surface area contributed by atoms with Crippen LogP contribution in [0.2, 0.25) is 0 Å². The van der Waals surface area contributed by atoms with E-state index in [0.717, 1.165) is 12.1 Å². The first-order valence-electron chi connectivity index (χ1n) is 4.22. The predicted molar refractivity (Wildman–Crippen MR) is 48.7 cm³/mol. The van der Waals surface area contributed by atoms with Crippen molar-refractivity contribution < 1.29 is 13.2 Å². The number of nitrogens with two attached hydrogens (primary N) is 1. The van der Waals surface area contributed by atoms with Gasteiger partial charge in [-0.3, -0.25) is 0 Å². The molecule has 0 saturated carbocycles. The lowest BCUT2D eigenvalue weighted by Crippen LogP contribution is -2.02. The first-order valence-corrected chi connectivity index (χ1v) is 4.22. The van der Waals surface area contributed by atoms with Gasteiger partial charge < -0.3 is 10.2 Å². The molecule has 2 aromatic rings. The molecule has 14 heavy (non-hydrogen) atoms. The van der Waals surface area contributed by atoms with E-state index < -0.39 is 11.6 Å². The van der Waals surface area contributed by atoms with E-state index in [0.29, 0.717) is 5.76 Å². The maximum atomic E-state index is 13.2. The molecule has 1 unspecified atom stereocenters. The highest BCUT2D eigenvalue weighted by Gasteiger charge is 2.12. The third kappa shape index (κ3) is 1.37. The Hall–Kier alpha value is -1.42. The van der Waals surface area contributed by atoms with Crippen LogP contribution < -0.4 is 5.73 Å². The number of halogens is 2. The topological polar surface area (TPSA) is 39.2 Å². The van der Waals surface area contributed by atoms with Crippen molar-refractivity contribution in [3.05, 3.63) is 35.6 Å². The Labute approximate surface area is 79.3 Å². The quantitative estimate of drug-likeness (QED) is 0.763. The van der Waals surface area contributed by atoms with Gasteiger partial charge >= 0.3 is 0 Å². The van der Waals surface area contributed by atoms with E-state index in [2.05, 4.69) is 0 Å². The second-order valence-corrected chi connectivity index (χ2v) is 3.24. The van der Waals surface area contributed by atoms with Crippen LogP contribution in [0.3, 0.4) is 0 Å². The van der Waals surface area contributed by atoms with E-state index in [1.54, 1.807) is 6.92 Å². The summed E-state index contributed by atoms with van der Waals surface area (Å²) in [5.74, 6) is -0.833. The van der Waals surface area contributed by atoms with Crippen LogP contribution >= 0.6 is 0 Å². The first kappa shape index (κ1) is 9.15. The normalized spacial score (nSPS) is 13.4. The zero-order valence-electron chi connectivity index (χ0n) is 7.55. The van der Waals surface area contributed by atoms with Gasteiger partial charge in [0.2, 0.25) is 0 Å². The average molecular weight is 197 g/mol. The van der Waals surface area contributed by atoms with Crippen molar-refractivity contribution in [3.63, 3.8) is 0 Å². The molecule has 0 aliphatic rings. The Bertz CT molecular complexity index is 476. The molecular weight excluding hydrogens is 188 g/mol. The van der Waals surface area contributed by atoms with Gasteiger partial charge in [-0.15, -0.1) is 0 Å². The Morgan fingerprint density at radius 2 is 2.00 bits per heavy atom. The van der Waals surface area contributed by atoms with E-state index in [1.807, 2.05) is 0 Å². The van der Waals surface area contributed by atoms with Crippen molar-refractivity contribution >= 4 is 11.0 Å². The summed E-state index contributed by atoms with van der Waals surface area (Å²) < 4.78 is 31.1. The Morgan fingerprint density at radius 3 is 2.64 bits per heavy atom. The van der Waals surface area contributed by atoms with Crippen LogP contribution in [0.4, 0.5) is 8.78 Å². The summed E-state index contributed by atoms with van der Waals surface area (Å²) in [6, 6.07) is 3.13. The summed E-state index contributed by atoms with van der Waals surface area (Å²) in [6.07, 6.45) is 0. The lowest BCUT2D eigenvalue weighted by Gasteiger charge is -1.96. The second kappa shape index (κ2) is 3.06. The molecule has 0 amide bonds. The van der Waals surface area contributed by atoms with Crippen molar-refractivity contribution in [2.45, 2.75) is 13.0 Å². The Morgan fingerprint density at radius 1 is 1.29 bits per heavy atom. The van der Waals surface area contributed by atoms with Gasteiger partial charge in [0.15, 0.2) is 0 Å². The summed E-state index contributed by atoms with van der Waals surface area (Å²) in [5, 5.41) is 0.263. The molecule has 0 fully saturated rings. The fourth-order valence-electron chi connectivity index (χ4n) is 1.31. The van der Waals surface area contributed by atoms with Crippen LogP contribution in [0.15, 0.2) is 22.6 Å².